The van der Waals surface area contributed by atoms with Gasteiger partial charge in [0.25, 0.3) is 0 Å². The molecule has 0 aromatic heterocycles. The number of benzene rings is 1. The average molecular weight is 465 g/mol. The number of hydrogen-bond acceptors (Lipinski definition) is 0. The fourth-order valence-corrected chi connectivity index (χ4v) is 5.42. The summed E-state index contributed by atoms with van der Waals surface area (Å²) in [6.07, 6.45) is 27.7. The number of allylic oxidation sites excluding steroid dienone is 12. The molecule has 0 saturated carbocycles. The van der Waals surface area contributed by atoms with Crippen molar-refractivity contribution in [2.24, 2.45) is 5.41 Å². The third-order valence-corrected chi connectivity index (χ3v) is 7.04. The van der Waals surface area contributed by atoms with Crippen LogP contribution in [0.3, 0.4) is 0 Å². The molecule has 0 radical (unpaired) electrons. The van der Waals surface area contributed by atoms with Crippen molar-refractivity contribution in [3.63, 3.8) is 0 Å². The summed E-state index contributed by atoms with van der Waals surface area (Å²) in [5.74, 6) is 0. The highest BCUT2D eigenvalue weighted by atomic mass is 14.5. The van der Waals surface area contributed by atoms with Gasteiger partial charge < -0.3 is 0 Å². The lowest BCUT2D eigenvalue weighted by atomic mass is 9.69. The van der Waals surface area contributed by atoms with Crippen molar-refractivity contribution in [3.8, 4) is 0 Å². The molecule has 2 rings (SSSR count). The maximum Gasteiger partial charge on any atom is 0.0215 e. The Morgan fingerprint density at radius 1 is 0.829 bits per heavy atom. The molecule has 0 saturated heterocycles. The van der Waals surface area contributed by atoms with Crippen LogP contribution in [0.1, 0.15) is 81.5 Å². The predicted octanol–water partition coefficient (Wildman–Crippen LogP) is 10.8. The Kier molecular flexibility index (Phi) is 11.0. The minimum atomic E-state index is -0.0617. The lowest BCUT2D eigenvalue weighted by Crippen LogP contribution is -2.22. The highest BCUT2D eigenvalue weighted by Gasteiger charge is 2.45. The molecule has 0 aliphatic heterocycles. The van der Waals surface area contributed by atoms with Crippen molar-refractivity contribution in [1.82, 2.24) is 0 Å². The summed E-state index contributed by atoms with van der Waals surface area (Å²) in [5, 5.41) is 0. The Morgan fingerprint density at radius 3 is 2.03 bits per heavy atom. The molecule has 0 N–H and O–H groups in total. The Bertz CT molecular complexity index is 1080. The molecule has 1 aliphatic rings. The molecule has 184 valence electrons. The predicted molar refractivity (Wildman–Crippen MR) is 160 cm³/mol. The van der Waals surface area contributed by atoms with E-state index in [1.165, 1.54) is 64.7 Å². The first-order valence-corrected chi connectivity index (χ1v) is 13.1. The zero-order valence-corrected chi connectivity index (χ0v) is 22.5. The van der Waals surface area contributed by atoms with Crippen LogP contribution in [0.15, 0.2) is 104 Å². The molecule has 1 aromatic rings. The standard InChI is InChI=1S/C35H44/c1-9-16-19-22-33-30(21-13-5)34(31-26-29(20-12-4)28(14-6)25-27(31)8)32(15-7)35(33,23-17-10-2)24-18-11-3/h9,12-16,19-22,25-26H,1,5-7,10-11,17-18,23-24H2,2-4,8H3/b19-16+,20-12-,30-21-,33-22+. The topological polar surface area (TPSA) is 0 Å². The highest BCUT2D eigenvalue weighted by Crippen LogP contribution is 2.59. The van der Waals surface area contributed by atoms with Crippen LogP contribution in [0, 0.1) is 12.3 Å². The van der Waals surface area contributed by atoms with Crippen molar-refractivity contribution in [1.29, 1.82) is 0 Å². The third kappa shape index (κ3) is 5.93. The summed E-state index contributed by atoms with van der Waals surface area (Å²) < 4.78 is 0. The first kappa shape index (κ1) is 28.1. The van der Waals surface area contributed by atoms with Crippen molar-refractivity contribution < 1.29 is 0 Å². The lowest BCUT2D eigenvalue weighted by Gasteiger charge is -2.34. The monoisotopic (exact) mass is 464 g/mol. The molecular weight excluding hydrogens is 420 g/mol. The molecule has 0 amide bonds. The van der Waals surface area contributed by atoms with E-state index in [2.05, 4.69) is 103 Å². The average Bonchev–Trinajstić information content (AvgIpc) is 3.11. The minimum Gasteiger partial charge on any atom is -0.0991 e. The molecule has 0 unspecified atom stereocenters. The van der Waals surface area contributed by atoms with Crippen LogP contribution in [0.5, 0.6) is 0 Å². The molecular formula is C35H44. The van der Waals surface area contributed by atoms with Gasteiger partial charge >= 0.3 is 0 Å². The van der Waals surface area contributed by atoms with Crippen molar-refractivity contribution in [2.75, 3.05) is 0 Å². The third-order valence-electron chi connectivity index (χ3n) is 7.04. The summed E-state index contributed by atoms with van der Waals surface area (Å²) in [5.41, 5.74) is 10.1. The van der Waals surface area contributed by atoms with E-state index in [1.807, 2.05) is 24.3 Å². The second-order valence-electron chi connectivity index (χ2n) is 9.30. The zero-order valence-electron chi connectivity index (χ0n) is 22.5. The van der Waals surface area contributed by atoms with E-state index in [4.69, 9.17) is 0 Å². The van der Waals surface area contributed by atoms with E-state index in [1.54, 1.807) is 0 Å². The summed E-state index contributed by atoms with van der Waals surface area (Å²) in [4.78, 5) is 0. The molecule has 0 atom stereocenters. The molecule has 0 nitrogen and oxygen atoms in total. The van der Waals surface area contributed by atoms with Gasteiger partial charge in [0.15, 0.2) is 0 Å². The first-order chi connectivity index (χ1) is 17.0. The second-order valence-corrected chi connectivity index (χ2v) is 9.30. The van der Waals surface area contributed by atoms with Gasteiger partial charge in [0.1, 0.15) is 0 Å². The van der Waals surface area contributed by atoms with Gasteiger partial charge in [0.05, 0.1) is 0 Å². The normalized spacial score (nSPS) is 17.7. The molecule has 35 heavy (non-hydrogen) atoms. The van der Waals surface area contributed by atoms with E-state index in [0.717, 1.165) is 18.4 Å². The summed E-state index contributed by atoms with van der Waals surface area (Å²) in [7, 11) is 0. The van der Waals surface area contributed by atoms with Gasteiger partial charge in [0, 0.05) is 5.41 Å². The van der Waals surface area contributed by atoms with Crippen LogP contribution >= 0.6 is 0 Å². The first-order valence-electron chi connectivity index (χ1n) is 13.1. The maximum atomic E-state index is 4.37. The lowest BCUT2D eigenvalue weighted by molar-refractivity contribution is 0.360. The molecule has 1 aliphatic carbocycles. The number of rotatable bonds is 13. The maximum absolute atomic E-state index is 4.37. The molecule has 0 bridgehead atoms. The molecule has 0 spiro atoms. The molecule has 1 aromatic carbocycles. The second kappa shape index (κ2) is 13.7. The van der Waals surface area contributed by atoms with Crippen LogP contribution in [0.4, 0.5) is 0 Å². The van der Waals surface area contributed by atoms with Crippen LogP contribution in [-0.2, 0) is 0 Å². The zero-order chi connectivity index (χ0) is 25.8. The van der Waals surface area contributed by atoms with Crippen LogP contribution < -0.4 is 0 Å². The van der Waals surface area contributed by atoms with E-state index < -0.39 is 0 Å². The quantitative estimate of drug-likeness (QED) is 0.255. The Labute approximate surface area is 215 Å². The Hall–Kier alpha value is -3.12. The van der Waals surface area contributed by atoms with Crippen molar-refractivity contribution >= 4 is 17.7 Å². The van der Waals surface area contributed by atoms with Gasteiger partial charge in [-0.25, -0.2) is 0 Å². The van der Waals surface area contributed by atoms with E-state index in [0.29, 0.717) is 0 Å². The fraction of sp³-hybridized carbons (Fsp3) is 0.314. The van der Waals surface area contributed by atoms with E-state index in [9.17, 15) is 0 Å². The van der Waals surface area contributed by atoms with Crippen LogP contribution in [-0.4, -0.2) is 0 Å². The summed E-state index contributed by atoms with van der Waals surface area (Å²) in [6, 6.07) is 4.59. The Morgan fingerprint density at radius 2 is 1.51 bits per heavy atom. The van der Waals surface area contributed by atoms with Gasteiger partial charge in [-0.1, -0.05) is 133 Å². The minimum absolute atomic E-state index is 0.0617. The number of unbranched alkanes of at least 4 members (excludes halogenated alkanes) is 2. The smallest absolute Gasteiger partial charge is 0.0215 e. The van der Waals surface area contributed by atoms with E-state index in [-0.39, 0.29) is 5.41 Å². The highest BCUT2D eigenvalue weighted by molar-refractivity contribution is 5.95. The van der Waals surface area contributed by atoms with Gasteiger partial charge in [-0.3, -0.25) is 0 Å². The van der Waals surface area contributed by atoms with Crippen LogP contribution in [0.2, 0.25) is 0 Å². The number of hydrogen-bond donors (Lipinski definition) is 0. The van der Waals surface area contributed by atoms with Gasteiger partial charge in [-0.05, 0) is 77.3 Å². The van der Waals surface area contributed by atoms with E-state index >= 15 is 0 Å². The van der Waals surface area contributed by atoms with Crippen molar-refractivity contribution in [2.45, 2.75) is 66.2 Å². The largest absolute Gasteiger partial charge is 0.0991 e. The van der Waals surface area contributed by atoms with Gasteiger partial charge in [0.2, 0.25) is 0 Å². The summed E-state index contributed by atoms with van der Waals surface area (Å²) in [6.45, 7) is 25.2. The summed E-state index contributed by atoms with van der Waals surface area (Å²) >= 11 is 0. The van der Waals surface area contributed by atoms with Gasteiger partial charge in [-0.15, -0.1) is 0 Å². The molecule has 0 fully saturated rings. The number of aryl methyl sites for hydroxylation is 1. The van der Waals surface area contributed by atoms with Crippen LogP contribution in [0.25, 0.3) is 17.7 Å². The van der Waals surface area contributed by atoms with Gasteiger partial charge in [-0.2, -0.15) is 0 Å². The molecule has 0 heterocycles. The SMILES string of the molecule is C=C\C=C1/C(c2cc(/C=C\C)c(C=C)cc2C)=C(C=C)C(CCCC)(CCCC)/C1=C/C=C/C=C. The molecule has 0 heteroatoms. The van der Waals surface area contributed by atoms with Crippen molar-refractivity contribution in [3.05, 3.63) is 126 Å². The Balaban J connectivity index is 3.04. The fourth-order valence-electron chi connectivity index (χ4n) is 5.42.